The molecular formula is C24H34N2O2. The molecule has 0 saturated heterocycles. The van der Waals surface area contributed by atoms with Gasteiger partial charge in [0.15, 0.2) is 0 Å². The van der Waals surface area contributed by atoms with E-state index in [-0.39, 0.29) is 12.2 Å². The lowest BCUT2D eigenvalue weighted by molar-refractivity contribution is 0.0319. The normalized spacial score (nSPS) is 25.9. The molecule has 2 heterocycles. The van der Waals surface area contributed by atoms with Gasteiger partial charge in [0, 0.05) is 24.9 Å². The maximum atomic E-state index is 5.79. The van der Waals surface area contributed by atoms with Crippen molar-refractivity contribution in [2.75, 3.05) is 40.4 Å². The Morgan fingerprint density at radius 3 is 1.39 bits per heavy atom. The van der Waals surface area contributed by atoms with Crippen LogP contribution in [0.25, 0.3) is 0 Å². The molecule has 4 heteroatoms. The molecule has 0 aliphatic carbocycles. The molecule has 0 spiro atoms. The number of likely N-dealkylation sites (N-methyl/N-ethyl adjacent to an activating group) is 2. The first-order valence-corrected chi connectivity index (χ1v) is 10.4. The van der Waals surface area contributed by atoms with Crippen LogP contribution in [0.3, 0.4) is 0 Å². The Balaban J connectivity index is 0.000000161. The lowest BCUT2D eigenvalue weighted by Gasteiger charge is -2.30. The van der Waals surface area contributed by atoms with Crippen LogP contribution in [0.2, 0.25) is 0 Å². The molecule has 0 saturated carbocycles. The number of nitrogens with one attached hydrogen (secondary N) is 2. The second-order valence-corrected chi connectivity index (χ2v) is 7.82. The fourth-order valence-corrected chi connectivity index (χ4v) is 4.09. The summed E-state index contributed by atoms with van der Waals surface area (Å²) in [7, 11) is 3.92. The monoisotopic (exact) mass is 382 g/mol. The molecule has 0 bridgehead atoms. The van der Waals surface area contributed by atoms with Crippen LogP contribution in [0.1, 0.15) is 60.1 Å². The van der Waals surface area contributed by atoms with E-state index >= 15 is 0 Å². The summed E-state index contributed by atoms with van der Waals surface area (Å²) in [6.45, 7) is 7.89. The molecule has 152 valence electrons. The molecule has 4 atom stereocenters. The third kappa shape index (κ3) is 4.81. The van der Waals surface area contributed by atoms with E-state index in [2.05, 4.69) is 73.0 Å². The Morgan fingerprint density at radius 2 is 1.04 bits per heavy atom. The molecule has 28 heavy (non-hydrogen) atoms. The van der Waals surface area contributed by atoms with E-state index in [9.17, 15) is 0 Å². The Kier molecular flexibility index (Phi) is 7.63. The van der Waals surface area contributed by atoms with E-state index in [0.717, 1.165) is 26.3 Å². The highest BCUT2D eigenvalue weighted by molar-refractivity contribution is 5.34. The summed E-state index contributed by atoms with van der Waals surface area (Å²) in [5.41, 5.74) is 5.58. The predicted octanol–water partition coefficient (Wildman–Crippen LogP) is 4.16. The van der Waals surface area contributed by atoms with Crippen LogP contribution in [0.4, 0.5) is 0 Å². The van der Waals surface area contributed by atoms with Crippen LogP contribution >= 0.6 is 0 Å². The zero-order valence-electron chi connectivity index (χ0n) is 17.6. The van der Waals surface area contributed by atoms with Crippen molar-refractivity contribution in [1.29, 1.82) is 0 Å². The van der Waals surface area contributed by atoms with E-state index in [1.54, 1.807) is 0 Å². The first kappa shape index (κ1) is 21.0. The lowest BCUT2D eigenvalue weighted by atomic mass is 9.91. The van der Waals surface area contributed by atoms with Gasteiger partial charge in [0.2, 0.25) is 0 Å². The number of rotatable bonds is 4. The zero-order chi connectivity index (χ0) is 19.9. The maximum absolute atomic E-state index is 5.79. The summed E-state index contributed by atoms with van der Waals surface area (Å²) < 4.78 is 11.6. The Morgan fingerprint density at radius 1 is 0.679 bits per heavy atom. The summed E-state index contributed by atoms with van der Waals surface area (Å²) in [6, 6.07) is 17.2. The summed E-state index contributed by atoms with van der Waals surface area (Å²) >= 11 is 0. The van der Waals surface area contributed by atoms with Crippen LogP contribution < -0.4 is 10.6 Å². The van der Waals surface area contributed by atoms with Gasteiger partial charge in [-0.05, 0) is 36.3 Å². The van der Waals surface area contributed by atoms with Crippen molar-refractivity contribution >= 4 is 0 Å². The maximum Gasteiger partial charge on any atom is 0.0952 e. The van der Waals surface area contributed by atoms with Gasteiger partial charge in [0.25, 0.3) is 0 Å². The minimum absolute atomic E-state index is 0.229. The summed E-state index contributed by atoms with van der Waals surface area (Å²) in [4.78, 5) is 0. The lowest BCUT2D eigenvalue weighted by Crippen LogP contribution is -2.26. The molecule has 4 rings (SSSR count). The fraction of sp³-hybridized carbons (Fsp3) is 0.500. The topological polar surface area (TPSA) is 42.5 Å². The van der Waals surface area contributed by atoms with Crippen molar-refractivity contribution in [1.82, 2.24) is 10.6 Å². The van der Waals surface area contributed by atoms with E-state index in [0.29, 0.717) is 11.8 Å². The highest BCUT2D eigenvalue weighted by atomic mass is 16.5. The minimum Gasteiger partial charge on any atom is -0.372 e. The van der Waals surface area contributed by atoms with E-state index in [1.165, 1.54) is 22.3 Å². The van der Waals surface area contributed by atoms with Crippen molar-refractivity contribution in [2.45, 2.75) is 37.9 Å². The van der Waals surface area contributed by atoms with E-state index in [1.807, 2.05) is 14.1 Å². The highest BCUT2D eigenvalue weighted by Crippen LogP contribution is 2.33. The molecule has 0 fully saturated rings. The van der Waals surface area contributed by atoms with Crippen LogP contribution in [-0.4, -0.2) is 40.4 Å². The van der Waals surface area contributed by atoms with Gasteiger partial charge in [-0.15, -0.1) is 0 Å². The third-order valence-corrected chi connectivity index (χ3v) is 5.62. The minimum atomic E-state index is 0.229. The average molecular weight is 383 g/mol. The van der Waals surface area contributed by atoms with Crippen LogP contribution in [0.15, 0.2) is 48.5 Å². The Hall–Kier alpha value is -1.72. The highest BCUT2D eigenvalue weighted by Gasteiger charge is 2.25. The number of hydrogen-bond acceptors (Lipinski definition) is 4. The number of benzene rings is 2. The second kappa shape index (κ2) is 10.2. The third-order valence-electron chi connectivity index (χ3n) is 5.62. The largest absolute Gasteiger partial charge is 0.372 e. The zero-order valence-corrected chi connectivity index (χ0v) is 17.6. The van der Waals surface area contributed by atoms with Crippen LogP contribution in [0, 0.1) is 0 Å². The van der Waals surface area contributed by atoms with Gasteiger partial charge in [0.1, 0.15) is 0 Å². The quantitative estimate of drug-likeness (QED) is 0.833. The summed E-state index contributed by atoms with van der Waals surface area (Å²) in [6.07, 6.45) is 0.458. The Labute approximate surface area is 169 Å². The van der Waals surface area contributed by atoms with Crippen molar-refractivity contribution in [3.63, 3.8) is 0 Å². The molecule has 0 amide bonds. The van der Waals surface area contributed by atoms with Gasteiger partial charge in [-0.3, -0.25) is 0 Å². The molecule has 0 radical (unpaired) electrons. The average Bonchev–Trinajstić information content (AvgIpc) is 2.73. The number of fused-ring (bicyclic) bond motifs is 2. The number of ether oxygens (including phenoxy) is 2. The van der Waals surface area contributed by atoms with Crippen molar-refractivity contribution in [3.05, 3.63) is 70.8 Å². The molecule has 0 aromatic heterocycles. The van der Waals surface area contributed by atoms with Gasteiger partial charge >= 0.3 is 0 Å². The van der Waals surface area contributed by atoms with Crippen molar-refractivity contribution < 1.29 is 9.47 Å². The second-order valence-electron chi connectivity index (χ2n) is 7.82. The first-order valence-electron chi connectivity index (χ1n) is 10.4. The molecule has 2 N–H and O–H groups in total. The Bertz CT molecular complexity index is 685. The number of hydrogen-bond donors (Lipinski definition) is 2. The fourth-order valence-electron chi connectivity index (χ4n) is 4.09. The molecule has 2 aliphatic heterocycles. The van der Waals surface area contributed by atoms with Crippen LogP contribution in [0.5, 0.6) is 0 Å². The van der Waals surface area contributed by atoms with E-state index in [4.69, 9.17) is 9.47 Å². The van der Waals surface area contributed by atoms with Gasteiger partial charge in [-0.2, -0.15) is 0 Å². The van der Waals surface area contributed by atoms with Gasteiger partial charge in [0.05, 0.1) is 25.4 Å². The molecular weight excluding hydrogens is 348 g/mol. The standard InChI is InChI=1S/2C12H17NO/c2*1-9-8-14-12(7-13-2)11-6-4-3-5-10(9)11/h2*3-6,9,12-13H,7-8H2,1-2H3/t9-,12+;9-,12-/m11/s1. The van der Waals surface area contributed by atoms with Gasteiger partial charge in [-0.25, -0.2) is 0 Å². The molecule has 2 aromatic rings. The van der Waals surface area contributed by atoms with Gasteiger partial charge < -0.3 is 20.1 Å². The van der Waals surface area contributed by atoms with Crippen molar-refractivity contribution in [2.24, 2.45) is 0 Å². The van der Waals surface area contributed by atoms with Crippen LogP contribution in [-0.2, 0) is 9.47 Å². The molecule has 0 unspecified atom stereocenters. The molecule has 4 nitrogen and oxygen atoms in total. The molecule has 2 aliphatic rings. The molecule has 2 aromatic carbocycles. The van der Waals surface area contributed by atoms with Gasteiger partial charge in [-0.1, -0.05) is 62.4 Å². The van der Waals surface area contributed by atoms with Crippen molar-refractivity contribution in [3.8, 4) is 0 Å². The summed E-state index contributed by atoms with van der Waals surface area (Å²) in [5.74, 6) is 1.05. The smallest absolute Gasteiger partial charge is 0.0952 e. The SMILES string of the molecule is CNC[C@@H]1OC[C@@H](C)c2ccccc21.CNC[C@H]1OC[C@@H](C)c2ccccc21. The van der Waals surface area contributed by atoms with E-state index < -0.39 is 0 Å². The first-order chi connectivity index (χ1) is 13.7. The summed E-state index contributed by atoms with van der Waals surface area (Å²) in [5, 5.41) is 6.34. The predicted molar refractivity (Wildman–Crippen MR) is 115 cm³/mol.